The van der Waals surface area contributed by atoms with Crippen LogP contribution in [0.25, 0.3) is 0 Å². The molecule has 0 radical (unpaired) electrons. The van der Waals surface area contributed by atoms with Crippen LogP contribution < -0.4 is 16.0 Å². The third-order valence-electron chi connectivity index (χ3n) is 3.88. The van der Waals surface area contributed by atoms with E-state index in [-0.39, 0.29) is 24.8 Å². The van der Waals surface area contributed by atoms with Crippen LogP contribution in [0.1, 0.15) is 25.8 Å². The quantitative estimate of drug-likeness (QED) is 0.709. The molecular formula is C17H24N4O3. The molecule has 0 spiro atoms. The lowest BCUT2D eigenvalue weighted by atomic mass is 9.95. The van der Waals surface area contributed by atoms with E-state index in [1.165, 1.54) is 0 Å². The lowest BCUT2D eigenvalue weighted by Gasteiger charge is -2.28. The summed E-state index contributed by atoms with van der Waals surface area (Å²) >= 11 is 0. The molecule has 1 fully saturated rings. The summed E-state index contributed by atoms with van der Waals surface area (Å²) in [4.78, 5) is 25.9. The average Bonchev–Trinajstić information content (AvgIpc) is 2.47. The van der Waals surface area contributed by atoms with Crippen molar-refractivity contribution in [2.45, 2.75) is 32.7 Å². The molecule has 1 saturated heterocycles. The van der Waals surface area contributed by atoms with E-state index in [2.05, 4.69) is 5.32 Å². The normalized spacial score (nSPS) is 17.3. The second-order valence-corrected chi connectivity index (χ2v) is 6.43. The summed E-state index contributed by atoms with van der Waals surface area (Å²) in [6, 6.07) is 5.36. The van der Waals surface area contributed by atoms with Crippen molar-refractivity contribution in [3.8, 4) is 0 Å². The number of hydrogen-bond acceptors (Lipinski definition) is 5. The Kier molecular flexibility index (Phi) is 5.36. The third kappa shape index (κ3) is 4.18. The zero-order valence-corrected chi connectivity index (χ0v) is 14.3. The monoisotopic (exact) mass is 332 g/mol. The third-order valence-corrected chi connectivity index (χ3v) is 3.88. The van der Waals surface area contributed by atoms with Gasteiger partial charge in [-0.15, -0.1) is 0 Å². The fraction of sp³-hybridized carbons (Fsp3) is 0.471. The molecule has 7 heteroatoms. The van der Waals surface area contributed by atoms with Crippen LogP contribution in [-0.4, -0.2) is 42.8 Å². The zero-order chi connectivity index (χ0) is 17.9. The highest BCUT2D eigenvalue weighted by molar-refractivity contribution is 6.01. The molecule has 2 rings (SSSR count). The molecule has 0 bridgehead atoms. The van der Waals surface area contributed by atoms with Gasteiger partial charge >= 0.3 is 0 Å². The van der Waals surface area contributed by atoms with E-state index in [0.717, 1.165) is 11.3 Å². The van der Waals surface area contributed by atoms with Crippen molar-refractivity contribution >= 4 is 28.9 Å². The maximum absolute atomic E-state index is 12.3. The minimum atomic E-state index is -1.14. The van der Waals surface area contributed by atoms with Crippen molar-refractivity contribution in [2.75, 3.05) is 30.0 Å². The first kappa shape index (κ1) is 18.1. The molecule has 1 heterocycles. The van der Waals surface area contributed by atoms with Crippen LogP contribution in [0.2, 0.25) is 0 Å². The fourth-order valence-corrected chi connectivity index (χ4v) is 2.71. The number of anilines is 2. The van der Waals surface area contributed by atoms with Crippen LogP contribution in [0.3, 0.4) is 0 Å². The van der Waals surface area contributed by atoms with Gasteiger partial charge in [-0.2, -0.15) is 0 Å². The van der Waals surface area contributed by atoms with Crippen LogP contribution in [0.4, 0.5) is 11.4 Å². The summed E-state index contributed by atoms with van der Waals surface area (Å²) in [5.74, 6) is -0.416. The Morgan fingerprint density at radius 3 is 2.79 bits per heavy atom. The number of carbonyl (C=O) groups is 2. The van der Waals surface area contributed by atoms with E-state index in [9.17, 15) is 9.59 Å². The first-order valence-electron chi connectivity index (χ1n) is 7.84. The number of nitrogens with two attached hydrogens (primary N) is 1. The highest BCUT2D eigenvalue weighted by atomic mass is 16.5. The molecule has 1 aromatic rings. The Labute approximate surface area is 141 Å². The molecule has 4 N–H and O–H groups in total. The van der Waals surface area contributed by atoms with Gasteiger partial charge in [0.1, 0.15) is 6.61 Å². The number of aryl methyl sites for hydroxylation is 1. The van der Waals surface area contributed by atoms with E-state index >= 15 is 0 Å². The molecule has 0 aromatic heterocycles. The molecule has 1 aromatic carbocycles. The first-order valence-corrected chi connectivity index (χ1v) is 7.84. The van der Waals surface area contributed by atoms with Crippen molar-refractivity contribution in [3.05, 3.63) is 23.8 Å². The van der Waals surface area contributed by atoms with Gasteiger partial charge in [0.25, 0.3) is 5.91 Å². The molecular weight excluding hydrogens is 308 g/mol. The van der Waals surface area contributed by atoms with Crippen molar-refractivity contribution in [1.29, 1.82) is 5.41 Å². The van der Waals surface area contributed by atoms with E-state index < -0.39 is 5.54 Å². The van der Waals surface area contributed by atoms with E-state index in [1.807, 2.05) is 19.1 Å². The Morgan fingerprint density at radius 1 is 1.50 bits per heavy atom. The molecule has 1 atom stereocenters. The number of morpholine rings is 1. The van der Waals surface area contributed by atoms with E-state index in [4.69, 9.17) is 15.9 Å². The fourth-order valence-electron chi connectivity index (χ4n) is 2.71. The summed E-state index contributed by atoms with van der Waals surface area (Å²) < 4.78 is 5.14. The molecule has 1 aliphatic rings. The summed E-state index contributed by atoms with van der Waals surface area (Å²) in [6.07, 6.45) is 0.193. The molecule has 1 unspecified atom stereocenters. The van der Waals surface area contributed by atoms with Crippen molar-refractivity contribution in [3.63, 3.8) is 0 Å². The Hall–Kier alpha value is -2.25. The van der Waals surface area contributed by atoms with Gasteiger partial charge in [0, 0.05) is 30.1 Å². The van der Waals surface area contributed by atoms with Gasteiger partial charge in [-0.1, -0.05) is 0 Å². The lowest BCUT2D eigenvalue weighted by Crippen LogP contribution is -2.49. The number of nitrogens with one attached hydrogen (secondary N) is 2. The number of nitrogens with zero attached hydrogens (tertiary/aromatic N) is 1. The standard InChI is InChI=1S/C17H24N4O3/c1-11-8-13(20-16(23)17(3,19)9-12(2)18)4-5-14(11)21-6-7-24-10-15(21)22/h4-5,8,18H,6-7,9-10,19H2,1-3H3,(H,20,23). The number of hydrogen-bond donors (Lipinski definition) is 3. The highest BCUT2D eigenvalue weighted by Crippen LogP contribution is 2.25. The minimum absolute atomic E-state index is 0.0721. The summed E-state index contributed by atoms with van der Waals surface area (Å²) in [6.45, 7) is 6.23. The molecule has 24 heavy (non-hydrogen) atoms. The van der Waals surface area contributed by atoms with Crippen LogP contribution in [-0.2, 0) is 14.3 Å². The Morgan fingerprint density at radius 2 is 2.21 bits per heavy atom. The predicted molar refractivity (Wildman–Crippen MR) is 93.6 cm³/mol. The van der Waals surface area contributed by atoms with Gasteiger partial charge in [-0.25, -0.2) is 0 Å². The van der Waals surface area contributed by atoms with Gasteiger partial charge < -0.3 is 26.1 Å². The van der Waals surface area contributed by atoms with Gasteiger partial charge in [0.15, 0.2) is 0 Å². The van der Waals surface area contributed by atoms with Crippen molar-refractivity contribution in [2.24, 2.45) is 5.73 Å². The molecule has 0 saturated carbocycles. The summed E-state index contributed by atoms with van der Waals surface area (Å²) in [7, 11) is 0. The number of amides is 2. The SMILES string of the molecule is CC(=N)CC(C)(N)C(=O)Nc1ccc(N2CCOCC2=O)c(C)c1. The van der Waals surface area contributed by atoms with Gasteiger partial charge in [-0.3, -0.25) is 9.59 Å². The van der Waals surface area contributed by atoms with E-state index in [0.29, 0.717) is 24.6 Å². The number of ether oxygens (including phenoxy) is 1. The zero-order valence-electron chi connectivity index (χ0n) is 14.3. The predicted octanol–water partition coefficient (Wildman–Crippen LogP) is 1.44. The van der Waals surface area contributed by atoms with Crippen molar-refractivity contribution < 1.29 is 14.3 Å². The van der Waals surface area contributed by atoms with Crippen LogP contribution in [0.15, 0.2) is 18.2 Å². The molecule has 130 valence electrons. The molecule has 2 amide bonds. The average molecular weight is 332 g/mol. The second kappa shape index (κ2) is 7.11. The van der Waals surface area contributed by atoms with Crippen molar-refractivity contribution in [1.82, 2.24) is 0 Å². The summed E-state index contributed by atoms with van der Waals surface area (Å²) in [5, 5.41) is 10.3. The summed E-state index contributed by atoms with van der Waals surface area (Å²) in [5.41, 5.74) is 7.51. The molecule has 0 aliphatic carbocycles. The van der Waals surface area contributed by atoms with Crippen LogP contribution in [0, 0.1) is 12.3 Å². The topological polar surface area (TPSA) is 109 Å². The second-order valence-electron chi connectivity index (χ2n) is 6.43. The van der Waals surface area contributed by atoms with E-state index in [1.54, 1.807) is 24.8 Å². The Bertz CT molecular complexity index is 670. The number of rotatable bonds is 5. The van der Waals surface area contributed by atoms with Gasteiger partial charge in [-0.05, 0) is 44.5 Å². The number of benzene rings is 1. The lowest BCUT2D eigenvalue weighted by molar-refractivity contribution is -0.125. The van der Waals surface area contributed by atoms with Gasteiger partial charge in [0.05, 0.1) is 12.1 Å². The molecule has 7 nitrogen and oxygen atoms in total. The van der Waals surface area contributed by atoms with Crippen LogP contribution in [0.5, 0.6) is 0 Å². The van der Waals surface area contributed by atoms with Crippen LogP contribution >= 0.6 is 0 Å². The smallest absolute Gasteiger partial charge is 0.253 e. The maximum Gasteiger partial charge on any atom is 0.253 e. The highest BCUT2D eigenvalue weighted by Gasteiger charge is 2.29. The number of carbonyl (C=O) groups excluding carboxylic acids is 2. The molecule has 1 aliphatic heterocycles. The van der Waals surface area contributed by atoms with Gasteiger partial charge in [0.2, 0.25) is 5.91 Å². The largest absolute Gasteiger partial charge is 0.370 e. The first-order chi connectivity index (χ1) is 11.2. The Balaban J connectivity index is 2.13. The maximum atomic E-state index is 12.3. The minimum Gasteiger partial charge on any atom is -0.370 e.